The Kier molecular flexibility index (Phi) is 6.11. The van der Waals surface area contributed by atoms with Crippen LogP contribution in [0.15, 0.2) is 0 Å². The Morgan fingerprint density at radius 3 is 2.44 bits per heavy atom. The largest absolute Gasteiger partial charge is 0.317 e. The minimum atomic E-state index is -0.193. The molecule has 1 rings (SSSR count). The molecule has 1 aliphatic heterocycles. The molecule has 3 nitrogen and oxygen atoms in total. The fourth-order valence-corrected chi connectivity index (χ4v) is 2.44. The SMILES string of the molecule is CC(C)N(CCC(C)(C)C#N)CC1CCNCC1. The monoisotopic (exact) mass is 251 g/mol. The van der Waals surface area contributed by atoms with E-state index in [0.717, 1.165) is 18.9 Å². The van der Waals surface area contributed by atoms with Crippen LogP contribution in [0.3, 0.4) is 0 Å². The van der Waals surface area contributed by atoms with Gasteiger partial charge >= 0.3 is 0 Å². The van der Waals surface area contributed by atoms with Crippen LogP contribution in [0.2, 0.25) is 0 Å². The van der Waals surface area contributed by atoms with Gasteiger partial charge in [0.15, 0.2) is 0 Å². The summed E-state index contributed by atoms with van der Waals surface area (Å²) in [6.45, 7) is 13.2. The molecule has 18 heavy (non-hydrogen) atoms. The van der Waals surface area contributed by atoms with Crippen molar-refractivity contribution in [3.05, 3.63) is 0 Å². The summed E-state index contributed by atoms with van der Waals surface area (Å²) in [5.74, 6) is 0.832. The number of hydrogen-bond donors (Lipinski definition) is 1. The van der Waals surface area contributed by atoms with Gasteiger partial charge in [-0.1, -0.05) is 0 Å². The summed E-state index contributed by atoms with van der Waals surface area (Å²) < 4.78 is 0. The molecule has 0 bridgehead atoms. The van der Waals surface area contributed by atoms with E-state index < -0.39 is 0 Å². The number of nitriles is 1. The molecule has 0 aromatic heterocycles. The van der Waals surface area contributed by atoms with E-state index in [1.54, 1.807) is 0 Å². The van der Waals surface area contributed by atoms with Crippen LogP contribution in [-0.2, 0) is 0 Å². The standard InChI is InChI=1S/C15H29N3/c1-13(2)18(10-7-15(3,4)12-16)11-14-5-8-17-9-6-14/h13-14,17H,5-11H2,1-4H3. The van der Waals surface area contributed by atoms with Crippen molar-refractivity contribution in [2.45, 2.75) is 53.0 Å². The Hall–Kier alpha value is -0.590. The molecule has 0 amide bonds. The van der Waals surface area contributed by atoms with Gasteiger partial charge in [0.1, 0.15) is 0 Å². The van der Waals surface area contributed by atoms with Crippen LogP contribution in [0.1, 0.15) is 47.0 Å². The number of piperidine rings is 1. The first-order valence-electron chi connectivity index (χ1n) is 7.30. The van der Waals surface area contributed by atoms with Gasteiger partial charge in [-0.2, -0.15) is 5.26 Å². The maximum absolute atomic E-state index is 9.09. The fourth-order valence-electron chi connectivity index (χ4n) is 2.44. The molecular formula is C15H29N3. The Labute approximate surface area is 113 Å². The second-order valence-corrected chi connectivity index (χ2v) is 6.53. The van der Waals surface area contributed by atoms with E-state index in [1.165, 1.54) is 32.5 Å². The Balaban J connectivity index is 2.42. The molecule has 0 atom stereocenters. The van der Waals surface area contributed by atoms with Crippen LogP contribution in [0.25, 0.3) is 0 Å². The molecule has 1 heterocycles. The highest BCUT2D eigenvalue weighted by Gasteiger charge is 2.22. The van der Waals surface area contributed by atoms with E-state index in [0.29, 0.717) is 6.04 Å². The van der Waals surface area contributed by atoms with E-state index >= 15 is 0 Å². The van der Waals surface area contributed by atoms with Gasteiger partial charge in [0, 0.05) is 12.6 Å². The van der Waals surface area contributed by atoms with Crippen LogP contribution in [0.4, 0.5) is 0 Å². The second kappa shape index (κ2) is 7.11. The summed E-state index contributed by atoms with van der Waals surface area (Å²) in [5, 5.41) is 12.5. The predicted molar refractivity (Wildman–Crippen MR) is 76.3 cm³/mol. The zero-order valence-corrected chi connectivity index (χ0v) is 12.5. The zero-order valence-electron chi connectivity index (χ0n) is 12.5. The van der Waals surface area contributed by atoms with Crippen molar-refractivity contribution in [1.82, 2.24) is 10.2 Å². The molecule has 0 spiro atoms. The maximum Gasteiger partial charge on any atom is 0.0684 e. The van der Waals surface area contributed by atoms with Crippen LogP contribution >= 0.6 is 0 Å². The van der Waals surface area contributed by atoms with Crippen LogP contribution < -0.4 is 5.32 Å². The number of nitrogens with zero attached hydrogens (tertiary/aromatic N) is 2. The summed E-state index contributed by atoms with van der Waals surface area (Å²) in [7, 11) is 0. The summed E-state index contributed by atoms with van der Waals surface area (Å²) in [5.41, 5.74) is -0.193. The van der Waals surface area contributed by atoms with Crippen LogP contribution in [0, 0.1) is 22.7 Å². The molecule has 1 N–H and O–H groups in total. The van der Waals surface area contributed by atoms with Gasteiger partial charge in [0.05, 0.1) is 11.5 Å². The lowest BCUT2D eigenvalue weighted by molar-refractivity contribution is 0.155. The first-order valence-corrected chi connectivity index (χ1v) is 7.30. The predicted octanol–water partition coefficient (Wildman–Crippen LogP) is 2.64. The third kappa shape index (κ3) is 5.37. The van der Waals surface area contributed by atoms with Gasteiger partial charge in [0.25, 0.3) is 0 Å². The minimum Gasteiger partial charge on any atom is -0.317 e. The Morgan fingerprint density at radius 2 is 1.94 bits per heavy atom. The van der Waals surface area contributed by atoms with Crippen molar-refractivity contribution in [1.29, 1.82) is 5.26 Å². The zero-order chi connectivity index (χ0) is 13.6. The van der Waals surface area contributed by atoms with Crippen LogP contribution in [0.5, 0.6) is 0 Å². The topological polar surface area (TPSA) is 39.1 Å². The molecule has 0 radical (unpaired) electrons. The average molecular weight is 251 g/mol. The molecule has 0 aliphatic carbocycles. The molecular weight excluding hydrogens is 222 g/mol. The number of hydrogen-bond acceptors (Lipinski definition) is 3. The number of nitrogens with one attached hydrogen (secondary N) is 1. The fraction of sp³-hybridized carbons (Fsp3) is 0.933. The van der Waals surface area contributed by atoms with E-state index in [1.807, 2.05) is 13.8 Å². The van der Waals surface area contributed by atoms with Gasteiger partial charge in [0.2, 0.25) is 0 Å². The highest BCUT2D eigenvalue weighted by molar-refractivity contribution is 4.92. The molecule has 0 aromatic rings. The highest BCUT2D eigenvalue weighted by atomic mass is 15.1. The molecule has 0 saturated carbocycles. The molecule has 3 heteroatoms. The Morgan fingerprint density at radius 1 is 1.33 bits per heavy atom. The summed E-state index contributed by atoms with van der Waals surface area (Å²) >= 11 is 0. The molecule has 104 valence electrons. The van der Waals surface area contributed by atoms with Gasteiger partial charge in [-0.05, 0) is 72.5 Å². The lowest BCUT2D eigenvalue weighted by Crippen LogP contribution is -2.40. The van der Waals surface area contributed by atoms with Crippen molar-refractivity contribution < 1.29 is 0 Å². The molecule has 1 fully saturated rings. The first-order chi connectivity index (χ1) is 8.44. The van der Waals surface area contributed by atoms with Gasteiger partial charge in [-0.25, -0.2) is 0 Å². The summed E-state index contributed by atoms with van der Waals surface area (Å²) in [6, 6.07) is 2.98. The highest BCUT2D eigenvalue weighted by Crippen LogP contribution is 2.21. The summed E-state index contributed by atoms with van der Waals surface area (Å²) in [6.07, 6.45) is 3.56. The molecule has 0 unspecified atom stereocenters. The minimum absolute atomic E-state index is 0.193. The van der Waals surface area contributed by atoms with Gasteiger partial charge in [-0.15, -0.1) is 0 Å². The van der Waals surface area contributed by atoms with Gasteiger partial charge in [-0.3, -0.25) is 0 Å². The van der Waals surface area contributed by atoms with Crippen molar-refractivity contribution in [2.24, 2.45) is 11.3 Å². The first kappa shape index (κ1) is 15.5. The van der Waals surface area contributed by atoms with Crippen LogP contribution in [-0.4, -0.2) is 37.1 Å². The normalized spacial score (nSPS) is 18.3. The third-order valence-corrected chi connectivity index (χ3v) is 4.01. The second-order valence-electron chi connectivity index (χ2n) is 6.53. The van der Waals surface area contributed by atoms with Crippen molar-refractivity contribution in [2.75, 3.05) is 26.2 Å². The Bertz CT molecular complexity index is 272. The van der Waals surface area contributed by atoms with Gasteiger partial charge < -0.3 is 10.2 Å². The molecule has 1 aliphatic rings. The van der Waals surface area contributed by atoms with Crippen molar-refractivity contribution >= 4 is 0 Å². The van der Waals surface area contributed by atoms with Crippen molar-refractivity contribution in [3.8, 4) is 6.07 Å². The summed E-state index contributed by atoms with van der Waals surface area (Å²) in [4.78, 5) is 2.55. The van der Waals surface area contributed by atoms with E-state index in [9.17, 15) is 0 Å². The molecule has 1 saturated heterocycles. The van der Waals surface area contributed by atoms with E-state index in [4.69, 9.17) is 5.26 Å². The third-order valence-electron chi connectivity index (χ3n) is 4.01. The number of rotatable bonds is 6. The quantitative estimate of drug-likeness (QED) is 0.789. The smallest absolute Gasteiger partial charge is 0.0684 e. The van der Waals surface area contributed by atoms with Crippen molar-refractivity contribution in [3.63, 3.8) is 0 Å². The molecule has 0 aromatic carbocycles. The lowest BCUT2D eigenvalue weighted by atomic mass is 9.90. The lowest BCUT2D eigenvalue weighted by Gasteiger charge is -2.34. The maximum atomic E-state index is 9.09. The van der Waals surface area contributed by atoms with E-state index in [2.05, 4.69) is 30.1 Å². The average Bonchev–Trinajstić information content (AvgIpc) is 2.35. The van der Waals surface area contributed by atoms with E-state index in [-0.39, 0.29) is 5.41 Å².